The number of aryl methyl sites for hydroxylation is 1. The van der Waals surface area contributed by atoms with E-state index in [4.69, 9.17) is 0 Å². The number of aromatic nitrogens is 1. The molecule has 0 fully saturated rings. The van der Waals surface area contributed by atoms with Crippen LogP contribution in [0.2, 0.25) is 0 Å². The molecule has 0 spiro atoms. The lowest BCUT2D eigenvalue weighted by molar-refractivity contribution is 0.164. The smallest absolute Gasteiger partial charge is 0.131 e. The molecule has 0 aliphatic rings. The molecular formula is C15H16F2N2O. The van der Waals surface area contributed by atoms with E-state index in [-0.39, 0.29) is 12.1 Å². The Morgan fingerprint density at radius 2 is 1.90 bits per heavy atom. The van der Waals surface area contributed by atoms with Crippen molar-refractivity contribution in [1.82, 2.24) is 10.3 Å². The summed E-state index contributed by atoms with van der Waals surface area (Å²) < 4.78 is 27.0. The molecule has 0 bridgehead atoms. The van der Waals surface area contributed by atoms with Crippen LogP contribution in [0.25, 0.3) is 0 Å². The highest BCUT2D eigenvalue weighted by Gasteiger charge is 2.17. The molecule has 0 aliphatic heterocycles. The standard InChI is InChI=1S/C15H16F2N2O/c1-10-11(4-3-7-19-10)8-18-9-14(20)15-12(16)5-2-6-13(15)17/h2-7,14,18,20H,8-9H2,1H3. The van der Waals surface area contributed by atoms with Gasteiger partial charge in [-0.2, -0.15) is 0 Å². The zero-order valence-electron chi connectivity index (χ0n) is 11.1. The first-order chi connectivity index (χ1) is 9.59. The van der Waals surface area contributed by atoms with Crippen molar-refractivity contribution < 1.29 is 13.9 Å². The molecule has 1 atom stereocenters. The fourth-order valence-electron chi connectivity index (χ4n) is 1.98. The Morgan fingerprint density at radius 3 is 2.55 bits per heavy atom. The summed E-state index contributed by atoms with van der Waals surface area (Å²) >= 11 is 0. The second kappa shape index (κ2) is 6.54. The Kier molecular flexibility index (Phi) is 4.76. The van der Waals surface area contributed by atoms with Gasteiger partial charge in [-0.1, -0.05) is 12.1 Å². The normalized spacial score (nSPS) is 12.4. The van der Waals surface area contributed by atoms with Gasteiger partial charge in [-0.05, 0) is 30.7 Å². The molecule has 2 N–H and O–H groups in total. The number of pyridine rings is 1. The van der Waals surface area contributed by atoms with E-state index in [9.17, 15) is 13.9 Å². The van der Waals surface area contributed by atoms with Crippen molar-refractivity contribution in [3.8, 4) is 0 Å². The summed E-state index contributed by atoms with van der Waals surface area (Å²) in [5.74, 6) is -1.48. The number of benzene rings is 1. The molecule has 0 amide bonds. The summed E-state index contributed by atoms with van der Waals surface area (Å²) in [6, 6.07) is 7.26. The third-order valence-electron chi connectivity index (χ3n) is 3.10. The van der Waals surface area contributed by atoms with Crippen LogP contribution in [0, 0.1) is 18.6 Å². The number of hydrogen-bond donors (Lipinski definition) is 2. The number of aliphatic hydroxyl groups excluding tert-OH is 1. The van der Waals surface area contributed by atoms with Crippen molar-refractivity contribution in [2.24, 2.45) is 0 Å². The maximum absolute atomic E-state index is 13.5. The summed E-state index contributed by atoms with van der Waals surface area (Å²) in [5, 5.41) is 12.8. The maximum atomic E-state index is 13.5. The van der Waals surface area contributed by atoms with Crippen LogP contribution in [0.4, 0.5) is 8.78 Å². The zero-order valence-corrected chi connectivity index (χ0v) is 11.1. The van der Waals surface area contributed by atoms with Gasteiger partial charge in [0.15, 0.2) is 0 Å². The minimum atomic E-state index is -1.23. The first kappa shape index (κ1) is 14.6. The van der Waals surface area contributed by atoms with Gasteiger partial charge in [0.1, 0.15) is 11.6 Å². The fraction of sp³-hybridized carbons (Fsp3) is 0.267. The quantitative estimate of drug-likeness (QED) is 0.883. The number of nitrogens with zero attached hydrogens (tertiary/aromatic N) is 1. The lowest BCUT2D eigenvalue weighted by atomic mass is 10.1. The molecule has 1 aromatic heterocycles. The van der Waals surface area contributed by atoms with Gasteiger partial charge in [0.2, 0.25) is 0 Å². The van der Waals surface area contributed by atoms with Crippen LogP contribution in [0.5, 0.6) is 0 Å². The van der Waals surface area contributed by atoms with Crippen molar-refractivity contribution >= 4 is 0 Å². The summed E-state index contributed by atoms with van der Waals surface area (Å²) in [6.07, 6.45) is 0.468. The van der Waals surface area contributed by atoms with E-state index in [1.165, 1.54) is 6.07 Å². The third kappa shape index (κ3) is 3.37. The molecule has 2 aromatic rings. The Morgan fingerprint density at radius 1 is 1.20 bits per heavy atom. The predicted octanol–water partition coefficient (Wildman–Crippen LogP) is 2.49. The van der Waals surface area contributed by atoms with Crippen LogP contribution < -0.4 is 5.32 Å². The molecule has 0 saturated heterocycles. The van der Waals surface area contributed by atoms with E-state index in [0.29, 0.717) is 6.54 Å². The van der Waals surface area contributed by atoms with Gasteiger partial charge in [0.05, 0.1) is 11.7 Å². The highest BCUT2D eigenvalue weighted by Crippen LogP contribution is 2.20. The number of rotatable bonds is 5. The van der Waals surface area contributed by atoms with Gasteiger partial charge in [-0.3, -0.25) is 4.98 Å². The van der Waals surface area contributed by atoms with E-state index in [1.54, 1.807) is 6.20 Å². The summed E-state index contributed by atoms with van der Waals surface area (Å²) in [6.45, 7) is 2.42. The highest BCUT2D eigenvalue weighted by molar-refractivity contribution is 5.22. The van der Waals surface area contributed by atoms with Gasteiger partial charge < -0.3 is 10.4 Å². The van der Waals surface area contributed by atoms with Crippen molar-refractivity contribution in [3.05, 3.63) is 65.0 Å². The second-order valence-corrected chi connectivity index (χ2v) is 4.53. The molecule has 1 unspecified atom stereocenters. The maximum Gasteiger partial charge on any atom is 0.131 e. The second-order valence-electron chi connectivity index (χ2n) is 4.53. The van der Waals surface area contributed by atoms with E-state index >= 15 is 0 Å². The zero-order chi connectivity index (χ0) is 14.5. The Balaban J connectivity index is 1.96. The SMILES string of the molecule is Cc1ncccc1CNCC(O)c1c(F)cccc1F. The Bertz CT molecular complexity index is 570. The number of nitrogens with one attached hydrogen (secondary N) is 1. The van der Waals surface area contributed by atoms with Crippen LogP contribution in [0.3, 0.4) is 0 Å². The molecule has 1 aromatic carbocycles. The molecule has 0 saturated carbocycles. The number of hydrogen-bond acceptors (Lipinski definition) is 3. The molecule has 5 heteroatoms. The molecule has 0 radical (unpaired) electrons. The number of aliphatic hydroxyl groups is 1. The van der Waals surface area contributed by atoms with Gasteiger partial charge in [-0.25, -0.2) is 8.78 Å². The highest BCUT2D eigenvalue weighted by atomic mass is 19.1. The fourth-order valence-corrected chi connectivity index (χ4v) is 1.98. The first-order valence-corrected chi connectivity index (χ1v) is 6.32. The molecule has 20 heavy (non-hydrogen) atoms. The summed E-state index contributed by atoms with van der Waals surface area (Å²) in [7, 11) is 0. The molecule has 3 nitrogen and oxygen atoms in total. The van der Waals surface area contributed by atoms with E-state index in [1.807, 2.05) is 19.1 Å². The van der Waals surface area contributed by atoms with E-state index < -0.39 is 17.7 Å². The third-order valence-corrected chi connectivity index (χ3v) is 3.10. The van der Waals surface area contributed by atoms with Crippen molar-refractivity contribution in [2.45, 2.75) is 19.6 Å². The average molecular weight is 278 g/mol. The van der Waals surface area contributed by atoms with Crippen LogP contribution in [0.1, 0.15) is 22.9 Å². The lowest BCUT2D eigenvalue weighted by Gasteiger charge is -2.14. The van der Waals surface area contributed by atoms with Gasteiger partial charge in [0, 0.05) is 25.0 Å². The summed E-state index contributed by atoms with van der Waals surface area (Å²) in [4.78, 5) is 4.14. The molecule has 0 aliphatic carbocycles. The van der Waals surface area contributed by atoms with E-state index in [0.717, 1.165) is 23.4 Å². The van der Waals surface area contributed by atoms with Gasteiger partial charge in [0.25, 0.3) is 0 Å². The Hall–Kier alpha value is -1.85. The van der Waals surface area contributed by atoms with Crippen LogP contribution in [-0.4, -0.2) is 16.6 Å². The lowest BCUT2D eigenvalue weighted by Crippen LogP contribution is -2.23. The number of halogens is 2. The average Bonchev–Trinajstić information content (AvgIpc) is 2.41. The van der Waals surface area contributed by atoms with Crippen molar-refractivity contribution in [3.63, 3.8) is 0 Å². The monoisotopic (exact) mass is 278 g/mol. The van der Waals surface area contributed by atoms with Gasteiger partial charge >= 0.3 is 0 Å². The molecular weight excluding hydrogens is 262 g/mol. The molecule has 1 heterocycles. The van der Waals surface area contributed by atoms with Crippen LogP contribution in [0.15, 0.2) is 36.5 Å². The van der Waals surface area contributed by atoms with E-state index in [2.05, 4.69) is 10.3 Å². The first-order valence-electron chi connectivity index (χ1n) is 6.32. The van der Waals surface area contributed by atoms with Crippen molar-refractivity contribution in [1.29, 1.82) is 0 Å². The minimum absolute atomic E-state index is 0.0617. The van der Waals surface area contributed by atoms with Gasteiger partial charge in [-0.15, -0.1) is 0 Å². The van der Waals surface area contributed by atoms with Crippen molar-refractivity contribution in [2.75, 3.05) is 6.54 Å². The van der Waals surface area contributed by atoms with Crippen LogP contribution in [-0.2, 0) is 6.54 Å². The Labute approximate surface area is 116 Å². The predicted molar refractivity (Wildman–Crippen MR) is 72.0 cm³/mol. The minimum Gasteiger partial charge on any atom is -0.387 e. The molecule has 2 rings (SSSR count). The molecule has 106 valence electrons. The largest absolute Gasteiger partial charge is 0.387 e. The topological polar surface area (TPSA) is 45.2 Å². The van der Waals surface area contributed by atoms with Crippen LogP contribution >= 0.6 is 0 Å². The summed E-state index contributed by atoms with van der Waals surface area (Å²) in [5.41, 5.74) is 1.56.